The second-order valence-electron chi connectivity index (χ2n) is 5.54. The molecule has 0 saturated heterocycles. The summed E-state index contributed by atoms with van der Waals surface area (Å²) in [6, 6.07) is 20.2. The van der Waals surface area contributed by atoms with Crippen LogP contribution in [-0.2, 0) is 14.9 Å². The fourth-order valence-electron chi connectivity index (χ4n) is 2.72. The highest BCUT2D eigenvalue weighted by Gasteiger charge is 2.37. The number of ether oxygens (including phenoxy) is 1. The molecule has 2 atom stereocenters. The molecule has 0 spiro atoms. The minimum Gasteiger partial charge on any atom is -0.457 e. The molecule has 2 aromatic carbocycles. The number of carbonyl (C=O) groups excluding carboxylic acids is 1. The Hall–Kier alpha value is -2.09. The highest BCUT2D eigenvalue weighted by atomic mass is 16.5. The third-order valence-electron chi connectivity index (χ3n) is 4.13. The predicted octanol–water partition coefficient (Wildman–Crippen LogP) is 4.66. The van der Waals surface area contributed by atoms with E-state index in [-0.39, 0.29) is 17.5 Å². The molecule has 2 aromatic rings. The van der Waals surface area contributed by atoms with Gasteiger partial charge in [0, 0.05) is 12.3 Å². The van der Waals surface area contributed by atoms with Crippen molar-refractivity contribution < 1.29 is 9.53 Å². The van der Waals surface area contributed by atoms with Gasteiger partial charge in [-0.05, 0) is 17.5 Å². The first-order valence-electron chi connectivity index (χ1n) is 7.35. The molecule has 110 valence electrons. The highest BCUT2D eigenvalue weighted by Crippen LogP contribution is 2.42. The van der Waals surface area contributed by atoms with E-state index in [1.807, 2.05) is 48.5 Å². The van der Waals surface area contributed by atoms with Gasteiger partial charge in [-0.1, -0.05) is 74.5 Å². The lowest BCUT2D eigenvalue weighted by molar-refractivity contribution is -0.150. The van der Waals surface area contributed by atoms with Gasteiger partial charge in [-0.3, -0.25) is 4.79 Å². The molecule has 0 bridgehead atoms. The summed E-state index contributed by atoms with van der Waals surface area (Å²) in [6.07, 6.45) is 0.590. The number of rotatable bonds is 5. The molecule has 0 heterocycles. The molecule has 0 N–H and O–H groups in total. The van der Waals surface area contributed by atoms with Gasteiger partial charge in [0.25, 0.3) is 0 Å². The summed E-state index contributed by atoms with van der Waals surface area (Å²) in [4.78, 5) is 11.6. The Kier molecular flexibility index (Phi) is 4.79. The van der Waals surface area contributed by atoms with Crippen LogP contribution in [0.1, 0.15) is 44.4 Å². The molecule has 0 amide bonds. The van der Waals surface area contributed by atoms with Crippen LogP contribution in [0.25, 0.3) is 0 Å². The normalized spacial score (nSPS) is 15.0. The van der Waals surface area contributed by atoms with Crippen molar-refractivity contribution >= 4 is 5.97 Å². The van der Waals surface area contributed by atoms with E-state index in [4.69, 9.17) is 4.74 Å². The molecule has 0 saturated carbocycles. The van der Waals surface area contributed by atoms with Crippen LogP contribution in [0.3, 0.4) is 0 Å². The molecular formula is C19H22O2. The van der Waals surface area contributed by atoms with Crippen molar-refractivity contribution in [2.24, 2.45) is 0 Å². The van der Waals surface area contributed by atoms with Crippen LogP contribution in [0.15, 0.2) is 60.7 Å². The van der Waals surface area contributed by atoms with E-state index in [1.165, 1.54) is 12.5 Å². The molecule has 2 heteroatoms. The Morgan fingerprint density at radius 2 is 1.57 bits per heavy atom. The minimum atomic E-state index is -0.288. The van der Waals surface area contributed by atoms with E-state index in [0.717, 1.165) is 12.0 Å². The second kappa shape index (κ2) is 6.57. The minimum absolute atomic E-state index is 0.251. The maximum absolute atomic E-state index is 11.6. The van der Waals surface area contributed by atoms with Crippen molar-refractivity contribution in [3.05, 3.63) is 71.8 Å². The third-order valence-corrected chi connectivity index (χ3v) is 4.13. The van der Waals surface area contributed by atoms with Gasteiger partial charge in [-0.15, -0.1) is 0 Å². The predicted molar refractivity (Wildman–Crippen MR) is 85.0 cm³/mol. The number of hydrogen-bond donors (Lipinski definition) is 0. The standard InChI is InChI=1S/C19H22O2/c1-4-19(3,17-13-9-6-10-14-17)18(21-15(2)20)16-11-7-5-8-12-16/h5-14,18H,4H2,1-3H3/t18-,19-/m1/s1. The van der Waals surface area contributed by atoms with Crippen LogP contribution >= 0.6 is 0 Å². The van der Waals surface area contributed by atoms with Crippen LogP contribution in [0.2, 0.25) is 0 Å². The van der Waals surface area contributed by atoms with E-state index < -0.39 is 0 Å². The average molecular weight is 282 g/mol. The van der Waals surface area contributed by atoms with Crippen molar-refractivity contribution in [1.82, 2.24) is 0 Å². The van der Waals surface area contributed by atoms with Gasteiger partial charge in [0.1, 0.15) is 6.10 Å². The summed E-state index contributed by atoms with van der Waals surface area (Å²) in [6.45, 7) is 5.76. The number of carbonyl (C=O) groups is 1. The molecule has 0 aliphatic rings. The van der Waals surface area contributed by atoms with Crippen molar-refractivity contribution in [3.8, 4) is 0 Å². The first kappa shape index (κ1) is 15.3. The smallest absolute Gasteiger partial charge is 0.303 e. The van der Waals surface area contributed by atoms with Crippen LogP contribution in [-0.4, -0.2) is 5.97 Å². The Morgan fingerprint density at radius 1 is 1.05 bits per heavy atom. The van der Waals surface area contributed by atoms with Gasteiger partial charge in [-0.2, -0.15) is 0 Å². The molecule has 2 rings (SSSR count). The monoisotopic (exact) mass is 282 g/mol. The van der Waals surface area contributed by atoms with Crippen molar-refractivity contribution in [3.63, 3.8) is 0 Å². The van der Waals surface area contributed by atoms with E-state index in [1.54, 1.807) is 0 Å². The molecule has 2 nitrogen and oxygen atoms in total. The molecular weight excluding hydrogens is 260 g/mol. The molecule has 0 fully saturated rings. The SMILES string of the molecule is CC[C@](C)(c1ccccc1)[C@H](OC(C)=O)c1ccccc1. The number of esters is 1. The second-order valence-corrected chi connectivity index (χ2v) is 5.54. The zero-order valence-corrected chi connectivity index (χ0v) is 12.9. The molecule has 0 aliphatic heterocycles. The lowest BCUT2D eigenvalue weighted by Gasteiger charge is -2.37. The molecule has 0 radical (unpaired) electrons. The van der Waals surface area contributed by atoms with Crippen LogP contribution < -0.4 is 0 Å². The quantitative estimate of drug-likeness (QED) is 0.746. The summed E-state index contributed by atoms with van der Waals surface area (Å²) in [5.41, 5.74) is 1.96. The van der Waals surface area contributed by atoms with Crippen LogP contribution in [0, 0.1) is 0 Å². The van der Waals surface area contributed by atoms with Crippen molar-refractivity contribution in [2.45, 2.75) is 38.7 Å². The van der Waals surface area contributed by atoms with Crippen molar-refractivity contribution in [2.75, 3.05) is 0 Å². The maximum atomic E-state index is 11.6. The first-order chi connectivity index (χ1) is 10.1. The number of benzene rings is 2. The lowest BCUT2D eigenvalue weighted by Crippen LogP contribution is -2.32. The maximum Gasteiger partial charge on any atom is 0.303 e. The van der Waals surface area contributed by atoms with E-state index >= 15 is 0 Å². The molecule has 0 aromatic heterocycles. The molecule has 0 aliphatic carbocycles. The van der Waals surface area contributed by atoms with Crippen molar-refractivity contribution in [1.29, 1.82) is 0 Å². The Balaban J connectivity index is 2.49. The fourth-order valence-corrected chi connectivity index (χ4v) is 2.72. The number of hydrogen-bond acceptors (Lipinski definition) is 2. The Labute approximate surface area is 126 Å². The summed E-state index contributed by atoms with van der Waals surface area (Å²) >= 11 is 0. The Morgan fingerprint density at radius 3 is 2.05 bits per heavy atom. The Bertz CT molecular complexity index is 577. The summed E-state index contributed by atoms with van der Waals surface area (Å²) < 4.78 is 5.71. The lowest BCUT2D eigenvalue weighted by atomic mass is 9.73. The summed E-state index contributed by atoms with van der Waals surface area (Å²) in [5.74, 6) is -0.251. The topological polar surface area (TPSA) is 26.3 Å². The average Bonchev–Trinajstić information content (AvgIpc) is 2.53. The summed E-state index contributed by atoms with van der Waals surface area (Å²) in [5, 5.41) is 0. The van der Waals surface area contributed by atoms with Crippen LogP contribution in [0.5, 0.6) is 0 Å². The van der Waals surface area contributed by atoms with Gasteiger partial charge >= 0.3 is 5.97 Å². The van der Waals surface area contributed by atoms with Crippen LogP contribution in [0.4, 0.5) is 0 Å². The zero-order chi connectivity index (χ0) is 15.3. The zero-order valence-electron chi connectivity index (χ0n) is 12.9. The highest BCUT2D eigenvalue weighted by molar-refractivity contribution is 5.66. The van der Waals surface area contributed by atoms with E-state index in [0.29, 0.717) is 0 Å². The van der Waals surface area contributed by atoms with Gasteiger partial charge < -0.3 is 4.74 Å². The molecule has 0 unspecified atom stereocenters. The molecule has 21 heavy (non-hydrogen) atoms. The van der Waals surface area contributed by atoms with Gasteiger partial charge in [-0.25, -0.2) is 0 Å². The largest absolute Gasteiger partial charge is 0.457 e. The first-order valence-corrected chi connectivity index (χ1v) is 7.35. The van der Waals surface area contributed by atoms with E-state index in [2.05, 4.69) is 26.0 Å². The summed E-state index contributed by atoms with van der Waals surface area (Å²) in [7, 11) is 0. The third kappa shape index (κ3) is 3.33. The van der Waals surface area contributed by atoms with Gasteiger partial charge in [0.05, 0.1) is 0 Å². The van der Waals surface area contributed by atoms with Gasteiger partial charge in [0.2, 0.25) is 0 Å². The fraction of sp³-hybridized carbons (Fsp3) is 0.316. The van der Waals surface area contributed by atoms with Gasteiger partial charge in [0.15, 0.2) is 0 Å². The van der Waals surface area contributed by atoms with E-state index in [9.17, 15) is 4.79 Å².